The first-order chi connectivity index (χ1) is 16.9. The highest BCUT2D eigenvalue weighted by atomic mass is 16.5. The average molecular weight is 477 g/mol. The maximum Gasteiger partial charge on any atom is 0.316 e. The van der Waals surface area contributed by atoms with Crippen LogP contribution in [0.5, 0.6) is 11.5 Å². The number of carbonyl (C=O) groups is 4. The fourth-order valence-electron chi connectivity index (χ4n) is 5.42. The van der Waals surface area contributed by atoms with Crippen LogP contribution >= 0.6 is 0 Å². The van der Waals surface area contributed by atoms with E-state index in [4.69, 9.17) is 9.47 Å². The number of esters is 1. The van der Waals surface area contributed by atoms with E-state index in [1.807, 2.05) is 0 Å². The van der Waals surface area contributed by atoms with Crippen LogP contribution in [-0.2, 0) is 19.2 Å². The van der Waals surface area contributed by atoms with E-state index in [0.717, 1.165) is 25.7 Å². The summed E-state index contributed by atoms with van der Waals surface area (Å²) in [6, 6.07) is 12.0. The Hall–Kier alpha value is -3.68. The van der Waals surface area contributed by atoms with Crippen molar-refractivity contribution in [1.29, 1.82) is 0 Å². The Balaban J connectivity index is 1.26. The molecule has 5 rings (SSSR count). The van der Waals surface area contributed by atoms with E-state index in [2.05, 4.69) is 0 Å². The van der Waals surface area contributed by atoms with Crippen LogP contribution in [0.1, 0.15) is 37.7 Å². The van der Waals surface area contributed by atoms with Crippen LogP contribution in [0.4, 0.5) is 11.4 Å². The smallest absolute Gasteiger partial charge is 0.316 e. The van der Waals surface area contributed by atoms with Crippen molar-refractivity contribution in [1.82, 2.24) is 0 Å². The van der Waals surface area contributed by atoms with Crippen molar-refractivity contribution >= 4 is 35.1 Å². The monoisotopic (exact) mass is 476 g/mol. The first-order valence-corrected chi connectivity index (χ1v) is 12.0. The summed E-state index contributed by atoms with van der Waals surface area (Å²) in [5, 5.41) is 0. The molecule has 8 heteroatoms. The lowest BCUT2D eigenvalue weighted by Crippen LogP contribution is -2.31. The maximum atomic E-state index is 12.9. The van der Waals surface area contributed by atoms with Crippen LogP contribution < -0.4 is 19.3 Å². The molecule has 8 nitrogen and oxygen atoms in total. The molecule has 0 bridgehead atoms. The van der Waals surface area contributed by atoms with Crippen molar-refractivity contribution in [3.05, 3.63) is 48.0 Å². The van der Waals surface area contributed by atoms with Gasteiger partial charge >= 0.3 is 5.97 Å². The molecule has 182 valence electrons. The second kappa shape index (κ2) is 9.17. The molecule has 0 radical (unpaired) electrons. The molecule has 1 aliphatic carbocycles. The minimum atomic E-state index is -0.588. The number of carbonyl (C=O) groups excluding carboxylic acids is 4. The normalized spacial score (nSPS) is 24.1. The van der Waals surface area contributed by atoms with Crippen molar-refractivity contribution in [3.8, 4) is 11.5 Å². The van der Waals surface area contributed by atoms with Gasteiger partial charge < -0.3 is 14.4 Å². The number of amides is 3. The van der Waals surface area contributed by atoms with Gasteiger partial charge in [0, 0.05) is 18.7 Å². The van der Waals surface area contributed by atoms with Gasteiger partial charge in [-0.3, -0.25) is 19.2 Å². The van der Waals surface area contributed by atoms with E-state index >= 15 is 0 Å². The lowest BCUT2D eigenvalue weighted by molar-refractivity contribution is -0.139. The fraction of sp³-hybridized carbons (Fsp3) is 0.407. The van der Waals surface area contributed by atoms with Gasteiger partial charge in [-0.25, -0.2) is 4.90 Å². The zero-order valence-electron chi connectivity index (χ0n) is 19.9. The molecular weight excluding hydrogens is 448 g/mol. The fourth-order valence-corrected chi connectivity index (χ4v) is 5.42. The Morgan fingerprint density at radius 3 is 2.14 bits per heavy atom. The van der Waals surface area contributed by atoms with Gasteiger partial charge in [-0.05, 0) is 67.8 Å². The number of fused-ring (bicyclic) bond motifs is 1. The molecule has 3 fully saturated rings. The second-order valence-corrected chi connectivity index (χ2v) is 9.48. The summed E-state index contributed by atoms with van der Waals surface area (Å²) < 4.78 is 10.7. The standard InChI is InChI=1S/C27H28N2O6/c1-16-13-20(11-12-23(16)29-25(31)21-5-3-4-6-22(21)26(29)32)35-27(33)17-14-24(30)28(15-17)18-7-9-19(34-2)10-8-18/h7-13,17,21-22H,3-6,14-15H2,1-2H3/t17-,21-,22+/m0/s1. The van der Waals surface area contributed by atoms with Gasteiger partial charge in [0.05, 0.1) is 30.6 Å². The summed E-state index contributed by atoms with van der Waals surface area (Å²) in [7, 11) is 1.57. The van der Waals surface area contributed by atoms with Crippen molar-refractivity contribution < 1.29 is 28.7 Å². The minimum Gasteiger partial charge on any atom is -0.497 e. The zero-order valence-corrected chi connectivity index (χ0v) is 19.9. The van der Waals surface area contributed by atoms with Crippen LogP contribution in [0.15, 0.2) is 42.5 Å². The number of hydrogen-bond donors (Lipinski definition) is 0. The Labute approximate surface area is 203 Å². The third kappa shape index (κ3) is 4.17. The number of ether oxygens (including phenoxy) is 2. The third-order valence-corrected chi connectivity index (χ3v) is 7.31. The molecule has 2 aromatic rings. The van der Waals surface area contributed by atoms with Crippen LogP contribution in [0, 0.1) is 24.7 Å². The van der Waals surface area contributed by atoms with Crippen LogP contribution in [-0.4, -0.2) is 37.3 Å². The van der Waals surface area contributed by atoms with Gasteiger partial charge in [-0.2, -0.15) is 0 Å². The summed E-state index contributed by atoms with van der Waals surface area (Å²) in [4.78, 5) is 54.1. The highest BCUT2D eigenvalue weighted by Gasteiger charge is 2.49. The first-order valence-electron chi connectivity index (χ1n) is 12.0. The predicted octanol–water partition coefficient (Wildman–Crippen LogP) is 3.64. The molecule has 2 saturated heterocycles. The Bertz CT molecular complexity index is 1170. The number of imide groups is 1. The van der Waals surface area contributed by atoms with E-state index in [1.54, 1.807) is 61.4 Å². The number of nitrogens with zero attached hydrogens (tertiary/aromatic N) is 2. The van der Waals surface area contributed by atoms with E-state index in [0.29, 0.717) is 28.4 Å². The molecule has 2 aliphatic heterocycles. The molecule has 3 atom stereocenters. The summed E-state index contributed by atoms with van der Waals surface area (Å²) in [6.07, 6.45) is 3.53. The molecule has 1 saturated carbocycles. The van der Waals surface area contributed by atoms with Gasteiger partial charge in [-0.15, -0.1) is 0 Å². The third-order valence-electron chi connectivity index (χ3n) is 7.31. The van der Waals surface area contributed by atoms with Gasteiger partial charge in [0.15, 0.2) is 0 Å². The van der Waals surface area contributed by atoms with Crippen LogP contribution in [0.2, 0.25) is 0 Å². The van der Waals surface area contributed by atoms with Crippen molar-refractivity contribution in [2.45, 2.75) is 39.0 Å². The molecule has 2 heterocycles. The van der Waals surface area contributed by atoms with Crippen molar-refractivity contribution in [3.63, 3.8) is 0 Å². The maximum absolute atomic E-state index is 12.9. The van der Waals surface area contributed by atoms with Crippen molar-refractivity contribution in [2.75, 3.05) is 23.5 Å². The molecule has 0 unspecified atom stereocenters. The van der Waals surface area contributed by atoms with Crippen LogP contribution in [0.25, 0.3) is 0 Å². The molecule has 0 spiro atoms. The summed E-state index contributed by atoms with van der Waals surface area (Å²) in [5.41, 5.74) is 1.92. The topological polar surface area (TPSA) is 93.2 Å². The van der Waals surface area contributed by atoms with E-state index < -0.39 is 11.9 Å². The molecule has 0 aromatic heterocycles. The minimum absolute atomic E-state index is 0.0709. The number of hydrogen-bond acceptors (Lipinski definition) is 6. The van der Waals surface area contributed by atoms with Crippen LogP contribution in [0.3, 0.4) is 0 Å². The largest absolute Gasteiger partial charge is 0.497 e. The molecule has 35 heavy (non-hydrogen) atoms. The van der Waals surface area contributed by atoms with E-state index in [1.165, 1.54) is 4.90 Å². The number of methoxy groups -OCH3 is 1. The van der Waals surface area contributed by atoms with Crippen molar-refractivity contribution in [2.24, 2.45) is 17.8 Å². The Kier molecular flexibility index (Phi) is 6.05. The first kappa shape index (κ1) is 23.1. The van der Waals surface area contributed by atoms with Gasteiger partial charge in [-0.1, -0.05) is 12.8 Å². The second-order valence-electron chi connectivity index (χ2n) is 9.48. The lowest BCUT2D eigenvalue weighted by atomic mass is 9.81. The average Bonchev–Trinajstić information content (AvgIpc) is 3.37. The molecule has 0 N–H and O–H groups in total. The van der Waals surface area contributed by atoms with E-state index in [9.17, 15) is 19.2 Å². The lowest BCUT2D eigenvalue weighted by Gasteiger charge is -2.19. The number of aryl methyl sites for hydroxylation is 1. The molecule has 2 aromatic carbocycles. The zero-order chi connectivity index (χ0) is 24.7. The number of rotatable bonds is 5. The molecule has 3 aliphatic rings. The summed E-state index contributed by atoms with van der Waals surface area (Å²) >= 11 is 0. The van der Waals surface area contributed by atoms with E-state index in [-0.39, 0.29) is 42.5 Å². The Morgan fingerprint density at radius 2 is 1.54 bits per heavy atom. The van der Waals surface area contributed by atoms with Gasteiger partial charge in [0.25, 0.3) is 0 Å². The molecule has 3 amide bonds. The predicted molar refractivity (Wildman–Crippen MR) is 128 cm³/mol. The summed E-state index contributed by atoms with van der Waals surface area (Å²) in [6.45, 7) is 2.03. The number of anilines is 2. The van der Waals surface area contributed by atoms with Gasteiger partial charge in [0.1, 0.15) is 11.5 Å². The summed E-state index contributed by atoms with van der Waals surface area (Å²) in [5.74, 6) is -0.907. The Morgan fingerprint density at radius 1 is 0.914 bits per heavy atom. The highest BCUT2D eigenvalue weighted by Crippen LogP contribution is 2.41. The SMILES string of the molecule is COc1ccc(N2C[C@@H](C(=O)Oc3ccc(N4C(=O)[C@H]5CCCC[C@H]5C4=O)c(C)c3)CC2=O)cc1. The van der Waals surface area contributed by atoms with Gasteiger partial charge in [0.2, 0.25) is 17.7 Å². The molecular formula is C27H28N2O6. The quantitative estimate of drug-likeness (QED) is 0.372. The number of benzene rings is 2. The highest BCUT2D eigenvalue weighted by molar-refractivity contribution is 6.22.